The number of hydrogen-bond donors (Lipinski definition) is 2. The molecule has 2 amide bonds. The predicted molar refractivity (Wildman–Crippen MR) is 102 cm³/mol. The Hall–Kier alpha value is -1.30. The molecule has 7 heteroatoms. The lowest BCUT2D eigenvalue weighted by Crippen LogP contribution is -2.36. The SMILES string of the molecule is Cl.O=C(NCCC1CCCNC1)C1CC(=O)N(c2ccc(Cl)cc2)C1. The number of anilines is 1. The van der Waals surface area contributed by atoms with Gasteiger partial charge in [0.15, 0.2) is 0 Å². The van der Waals surface area contributed by atoms with E-state index in [0.29, 0.717) is 24.0 Å². The molecule has 138 valence electrons. The molecule has 0 spiro atoms. The molecule has 2 atom stereocenters. The second-order valence-corrected chi connectivity index (χ2v) is 7.11. The van der Waals surface area contributed by atoms with Crippen LogP contribution in [0.2, 0.25) is 5.02 Å². The summed E-state index contributed by atoms with van der Waals surface area (Å²) in [4.78, 5) is 26.2. The van der Waals surface area contributed by atoms with Crippen molar-refractivity contribution in [2.75, 3.05) is 31.1 Å². The summed E-state index contributed by atoms with van der Waals surface area (Å²) in [6.45, 7) is 3.28. The van der Waals surface area contributed by atoms with Crippen LogP contribution in [-0.2, 0) is 9.59 Å². The van der Waals surface area contributed by atoms with Gasteiger partial charge < -0.3 is 15.5 Å². The maximum absolute atomic E-state index is 12.3. The Labute approximate surface area is 159 Å². The highest BCUT2D eigenvalue weighted by atomic mass is 35.5. The summed E-state index contributed by atoms with van der Waals surface area (Å²) in [6, 6.07) is 7.15. The minimum Gasteiger partial charge on any atom is -0.356 e. The van der Waals surface area contributed by atoms with Gasteiger partial charge in [0.1, 0.15) is 0 Å². The molecular formula is C18H25Cl2N3O2. The number of carbonyl (C=O) groups excluding carboxylic acids is 2. The molecular weight excluding hydrogens is 361 g/mol. The van der Waals surface area contributed by atoms with Crippen LogP contribution in [0.5, 0.6) is 0 Å². The van der Waals surface area contributed by atoms with Crippen molar-refractivity contribution in [3.8, 4) is 0 Å². The third-order valence-corrected chi connectivity index (χ3v) is 5.14. The molecule has 2 heterocycles. The van der Waals surface area contributed by atoms with Crippen LogP contribution in [0.3, 0.4) is 0 Å². The molecule has 3 rings (SSSR count). The maximum atomic E-state index is 12.3. The van der Waals surface area contributed by atoms with Gasteiger partial charge in [-0.15, -0.1) is 12.4 Å². The second kappa shape index (κ2) is 9.41. The van der Waals surface area contributed by atoms with Crippen LogP contribution >= 0.6 is 24.0 Å². The van der Waals surface area contributed by atoms with E-state index in [0.717, 1.165) is 25.2 Å². The zero-order chi connectivity index (χ0) is 16.9. The molecule has 1 aromatic rings. The van der Waals surface area contributed by atoms with E-state index in [4.69, 9.17) is 11.6 Å². The summed E-state index contributed by atoms with van der Waals surface area (Å²) >= 11 is 5.88. The Morgan fingerprint density at radius 3 is 2.76 bits per heavy atom. The van der Waals surface area contributed by atoms with Crippen LogP contribution in [0.4, 0.5) is 5.69 Å². The van der Waals surface area contributed by atoms with E-state index in [1.807, 2.05) is 12.1 Å². The largest absolute Gasteiger partial charge is 0.356 e. The zero-order valence-corrected chi connectivity index (χ0v) is 15.7. The fourth-order valence-electron chi connectivity index (χ4n) is 3.47. The van der Waals surface area contributed by atoms with E-state index < -0.39 is 0 Å². The number of nitrogens with one attached hydrogen (secondary N) is 2. The van der Waals surface area contributed by atoms with Crippen molar-refractivity contribution in [3.05, 3.63) is 29.3 Å². The van der Waals surface area contributed by atoms with Crippen molar-refractivity contribution in [2.24, 2.45) is 11.8 Å². The Balaban J connectivity index is 0.00000225. The molecule has 5 nitrogen and oxygen atoms in total. The number of amides is 2. The van der Waals surface area contributed by atoms with E-state index in [9.17, 15) is 9.59 Å². The highest BCUT2D eigenvalue weighted by Crippen LogP contribution is 2.26. The number of nitrogens with zero attached hydrogens (tertiary/aromatic N) is 1. The maximum Gasteiger partial charge on any atom is 0.227 e. The molecule has 0 bridgehead atoms. The van der Waals surface area contributed by atoms with Crippen LogP contribution in [0.1, 0.15) is 25.7 Å². The van der Waals surface area contributed by atoms with Crippen molar-refractivity contribution in [2.45, 2.75) is 25.7 Å². The van der Waals surface area contributed by atoms with Gasteiger partial charge in [0.25, 0.3) is 0 Å². The monoisotopic (exact) mass is 385 g/mol. The molecule has 25 heavy (non-hydrogen) atoms. The molecule has 2 saturated heterocycles. The summed E-state index contributed by atoms with van der Waals surface area (Å²) in [7, 11) is 0. The lowest BCUT2D eigenvalue weighted by molar-refractivity contribution is -0.126. The van der Waals surface area contributed by atoms with Crippen molar-refractivity contribution in [1.29, 1.82) is 0 Å². The summed E-state index contributed by atoms with van der Waals surface area (Å²) in [5.41, 5.74) is 0.799. The number of hydrogen-bond acceptors (Lipinski definition) is 3. The number of halogens is 2. The van der Waals surface area contributed by atoms with Gasteiger partial charge in [-0.05, 0) is 62.5 Å². The van der Waals surface area contributed by atoms with Crippen molar-refractivity contribution >= 4 is 41.5 Å². The summed E-state index contributed by atoms with van der Waals surface area (Å²) in [6.07, 6.45) is 3.72. The molecule has 1 aromatic carbocycles. The first-order chi connectivity index (χ1) is 11.6. The zero-order valence-electron chi connectivity index (χ0n) is 14.2. The highest BCUT2D eigenvalue weighted by molar-refractivity contribution is 6.30. The minimum absolute atomic E-state index is 0. The quantitative estimate of drug-likeness (QED) is 0.818. The van der Waals surface area contributed by atoms with Gasteiger partial charge in [-0.2, -0.15) is 0 Å². The van der Waals surface area contributed by atoms with Crippen molar-refractivity contribution in [3.63, 3.8) is 0 Å². The first kappa shape index (κ1) is 20.0. The van der Waals surface area contributed by atoms with Gasteiger partial charge in [-0.1, -0.05) is 11.6 Å². The number of rotatable bonds is 5. The van der Waals surface area contributed by atoms with Crippen LogP contribution in [0.15, 0.2) is 24.3 Å². The number of piperidine rings is 1. The van der Waals surface area contributed by atoms with Crippen LogP contribution in [0.25, 0.3) is 0 Å². The first-order valence-electron chi connectivity index (χ1n) is 8.68. The van der Waals surface area contributed by atoms with E-state index in [1.165, 1.54) is 12.8 Å². The Morgan fingerprint density at radius 2 is 2.08 bits per heavy atom. The minimum atomic E-state index is -0.266. The molecule has 2 aliphatic rings. The van der Waals surface area contributed by atoms with Gasteiger partial charge in [0.05, 0.1) is 5.92 Å². The molecule has 0 radical (unpaired) electrons. The standard InChI is InChI=1S/C18H24ClN3O2.ClH/c19-15-3-5-16(6-4-15)22-12-14(10-17(22)23)18(24)21-9-7-13-2-1-8-20-11-13;/h3-6,13-14,20H,1-2,7-12H2,(H,21,24);1H. The van der Waals surface area contributed by atoms with Crippen LogP contribution in [0, 0.1) is 11.8 Å². The van der Waals surface area contributed by atoms with Crippen LogP contribution in [-0.4, -0.2) is 38.0 Å². The molecule has 2 aliphatic heterocycles. The number of carbonyl (C=O) groups is 2. The Bertz CT molecular complexity index is 588. The molecule has 0 aliphatic carbocycles. The van der Waals surface area contributed by atoms with Gasteiger partial charge >= 0.3 is 0 Å². The molecule has 2 fully saturated rings. The third-order valence-electron chi connectivity index (χ3n) is 4.88. The fourth-order valence-corrected chi connectivity index (χ4v) is 3.59. The third kappa shape index (κ3) is 5.33. The normalized spacial score (nSPS) is 23.2. The molecule has 2 N–H and O–H groups in total. The van der Waals surface area contributed by atoms with Gasteiger partial charge in [-0.3, -0.25) is 9.59 Å². The molecule has 0 saturated carbocycles. The lowest BCUT2D eigenvalue weighted by atomic mass is 9.96. The van der Waals surface area contributed by atoms with Crippen molar-refractivity contribution < 1.29 is 9.59 Å². The summed E-state index contributed by atoms with van der Waals surface area (Å²) in [5.74, 6) is 0.366. The topological polar surface area (TPSA) is 61.4 Å². The van der Waals surface area contributed by atoms with E-state index in [1.54, 1.807) is 17.0 Å². The number of benzene rings is 1. The van der Waals surface area contributed by atoms with E-state index >= 15 is 0 Å². The average Bonchev–Trinajstić information content (AvgIpc) is 2.98. The first-order valence-corrected chi connectivity index (χ1v) is 9.05. The second-order valence-electron chi connectivity index (χ2n) is 6.67. The lowest BCUT2D eigenvalue weighted by Gasteiger charge is -2.23. The molecule has 0 aromatic heterocycles. The highest BCUT2D eigenvalue weighted by Gasteiger charge is 2.35. The van der Waals surface area contributed by atoms with Gasteiger partial charge in [-0.25, -0.2) is 0 Å². The van der Waals surface area contributed by atoms with Crippen LogP contribution < -0.4 is 15.5 Å². The van der Waals surface area contributed by atoms with Gasteiger partial charge in [0.2, 0.25) is 11.8 Å². The Kier molecular flexibility index (Phi) is 7.54. The van der Waals surface area contributed by atoms with Crippen molar-refractivity contribution in [1.82, 2.24) is 10.6 Å². The van der Waals surface area contributed by atoms with Gasteiger partial charge in [0, 0.05) is 30.2 Å². The fraction of sp³-hybridized carbons (Fsp3) is 0.556. The predicted octanol–water partition coefficient (Wildman–Crippen LogP) is 2.62. The Morgan fingerprint density at radius 1 is 1.32 bits per heavy atom. The smallest absolute Gasteiger partial charge is 0.227 e. The van der Waals surface area contributed by atoms with E-state index in [-0.39, 0.29) is 36.6 Å². The average molecular weight is 386 g/mol. The molecule has 2 unspecified atom stereocenters. The summed E-state index contributed by atoms with van der Waals surface area (Å²) in [5, 5.41) is 7.03. The van der Waals surface area contributed by atoms with E-state index in [2.05, 4.69) is 10.6 Å². The summed E-state index contributed by atoms with van der Waals surface area (Å²) < 4.78 is 0.